The summed E-state index contributed by atoms with van der Waals surface area (Å²) < 4.78 is 0. The molecule has 2 fully saturated rings. The van der Waals surface area contributed by atoms with Crippen LogP contribution in [0.25, 0.3) is 0 Å². The van der Waals surface area contributed by atoms with Crippen LogP contribution in [0.5, 0.6) is 0 Å². The van der Waals surface area contributed by atoms with Crippen LogP contribution in [0.2, 0.25) is 0 Å². The number of rotatable bonds is 1. The van der Waals surface area contributed by atoms with Gasteiger partial charge in [0.15, 0.2) is 0 Å². The molecule has 0 spiro atoms. The fourth-order valence-electron chi connectivity index (χ4n) is 6.48. The Morgan fingerprint density at radius 1 is 1.17 bits per heavy atom. The molecule has 5 atom stereocenters. The number of fused-ring (bicyclic) bond motifs is 5. The maximum absolute atomic E-state index is 3.38. The Morgan fingerprint density at radius 3 is 2.75 bits per heavy atom. The molecule has 0 saturated heterocycles. The molecule has 4 unspecified atom stereocenters. The fraction of sp³-hybridized carbons (Fsp3) is 0.667. The minimum atomic E-state index is 0.619. The summed E-state index contributed by atoms with van der Waals surface area (Å²) in [5.41, 5.74) is 6.69. The Balaban J connectivity index is 1.74. The highest BCUT2D eigenvalue weighted by Crippen LogP contribution is 2.62. The predicted octanol–water partition coefficient (Wildman–Crippen LogP) is 6.11. The van der Waals surface area contributed by atoms with Gasteiger partial charge in [-0.1, -0.05) is 32.8 Å². The number of hydrogen-bond donors (Lipinski definition) is 0. The zero-order valence-corrected chi connectivity index (χ0v) is 15.9. The van der Waals surface area contributed by atoms with Crippen molar-refractivity contribution in [3.05, 3.63) is 34.4 Å². The third kappa shape index (κ3) is 2.28. The fourth-order valence-corrected chi connectivity index (χ4v) is 6.48. The van der Waals surface area contributed by atoms with Crippen LogP contribution >= 0.6 is 0 Å². The van der Waals surface area contributed by atoms with Crippen molar-refractivity contribution in [2.75, 3.05) is 0 Å². The summed E-state index contributed by atoms with van der Waals surface area (Å²) in [5.74, 6) is 10.1. The second-order valence-corrected chi connectivity index (χ2v) is 8.88. The van der Waals surface area contributed by atoms with Crippen LogP contribution in [-0.4, -0.2) is 0 Å². The summed E-state index contributed by atoms with van der Waals surface area (Å²) in [6, 6.07) is 4.98. The van der Waals surface area contributed by atoms with E-state index in [0.717, 1.165) is 30.1 Å². The van der Waals surface area contributed by atoms with Crippen molar-refractivity contribution in [2.24, 2.45) is 23.2 Å². The zero-order valence-electron chi connectivity index (χ0n) is 15.9. The van der Waals surface area contributed by atoms with Crippen LogP contribution in [-0.2, 0) is 12.8 Å². The van der Waals surface area contributed by atoms with Gasteiger partial charge in [0, 0.05) is 5.56 Å². The number of aryl methyl sites for hydroxylation is 2. The van der Waals surface area contributed by atoms with Gasteiger partial charge in [-0.2, -0.15) is 0 Å². The van der Waals surface area contributed by atoms with Crippen molar-refractivity contribution in [1.82, 2.24) is 0 Å². The first-order valence-electron chi connectivity index (χ1n) is 10.2. The Labute approximate surface area is 148 Å². The largest absolute Gasteiger partial charge is 0.101 e. The molecule has 1 aromatic carbocycles. The lowest BCUT2D eigenvalue weighted by Gasteiger charge is -2.50. The highest BCUT2D eigenvalue weighted by atomic mass is 14.6. The first-order valence-corrected chi connectivity index (χ1v) is 10.2. The summed E-state index contributed by atoms with van der Waals surface area (Å²) in [6.07, 6.45) is 9.59. The van der Waals surface area contributed by atoms with E-state index in [2.05, 4.69) is 44.7 Å². The standard InChI is InChI=1S/C24H32/c1-5-7-18-15-22-19(14-17(18)6-2)9-10-21-20(22)12-13-24(4)16(3)8-11-23(21)24/h14-16,20-21,23H,6,8-13H2,1-4H3/t16?,20?,21?,23?,24-/m1/s1. The summed E-state index contributed by atoms with van der Waals surface area (Å²) in [5, 5.41) is 0. The molecular formula is C24H32. The van der Waals surface area contributed by atoms with Gasteiger partial charge in [-0.15, -0.1) is 5.92 Å². The van der Waals surface area contributed by atoms with E-state index < -0.39 is 0 Å². The van der Waals surface area contributed by atoms with Gasteiger partial charge in [-0.25, -0.2) is 0 Å². The average Bonchev–Trinajstić information content (AvgIpc) is 2.89. The Morgan fingerprint density at radius 2 is 2.00 bits per heavy atom. The third-order valence-corrected chi connectivity index (χ3v) is 8.06. The van der Waals surface area contributed by atoms with E-state index in [0.29, 0.717) is 5.41 Å². The highest BCUT2D eigenvalue weighted by molar-refractivity contribution is 5.49. The highest BCUT2D eigenvalue weighted by Gasteiger charge is 2.53. The maximum atomic E-state index is 3.38. The lowest BCUT2D eigenvalue weighted by Crippen LogP contribution is -2.41. The zero-order chi connectivity index (χ0) is 16.9. The molecule has 0 radical (unpaired) electrons. The number of hydrogen-bond acceptors (Lipinski definition) is 0. The second kappa shape index (κ2) is 5.94. The summed E-state index contributed by atoms with van der Waals surface area (Å²) in [4.78, 5) is 0. The quantitative estimate of drug-likeness (QED) is 0.547. The van der Waals surface area contributed by atoms with E-state index in [9.17, 15) is 0 Å². The molecule has 0 nitrogen and oxygen atoms in total. The molecular weight excluding hydrogens is 288 g/mol. The SMILES string of the molecule is CC#Cc1cc2c(cc1CC)CCC1C2CC[C@]2(C)C(C)CCC12. The molecule has 0 heteroatoms. The van der Waals surface area contributed by atoms with Crippen LogP contribution < -0.4 is 0 Å². The van der Waals surface area contributed by atoms with E-state index in [4.69, 9.17) is 0 Å². The van der Waals surface area contributed by atoms with Gasteiger partial charge in [-0.05, 0) is 104 Å². The molecule has 0 N–H and O–H groups in total. The van der Waals surface area contributed by atoms with Crippen molar-refractivity contribution in [2.45, 2.75) is 78.6 Å². The summed E-state index contributed by atoms with van der Waals surface area (Å²) >= 11 is 0. The van der Waals surface area contributed by atoms with Crippen molar-refractivity contribution in [3.63, 3.8) is 0 Å². The van der Waals surface area contributed by atoms with E-state index in [1.54, 1.807) is 11.1 Å². The van der Waals surface area contributed by atoms with Crippen LogP contribution in [0, 0.1) is 35.0 Å². The van der Waals surface area contributed by atoms with E-state index in [1.807, 2.05) is 6.92 Å². The molecule has 2 saturated carbocycles. The van der Waals surface area contributed by atoms with E-state index in [-0.39, 0.29) is 0 Å². The summed E-state index contributed by atoms with van der Waals surface area (Å²) in [6.45, 7) is 9.35. The summed E-state index contributed by atoms with van der Waals surface area (Å²) in [7, 11) is 0. The smallest absolute Gasteiger partial charge is 0.0280 e. The van der Waals surface area contributed by atoms with E-state index >= 15 is 0 Å². The third-order valence-electron chi connectivity index (χ3n) is 8.06. The lowest BCUT2D eigenvalue weighted by atomic mass is 9.54. The van der Waals surface area contributed by atoms with Crippen molar-refractivity contribution in [3.8, 4) is 11.8 Å². The maximum Gasteiger partial charge on any atom is 0.0280 e. The molecule has 128 valence electrons. The molecule has 0 heterocycles. The van der Waals surface area contributed by atoms with Crippen LogP contribution in [0.3, 0.4) is 0 Å². The Bertz CT molecular complexity index is 701. The monoisotopic (exact) mass is 320 g/mol. The molecule has 0 aliphatic heterocycles. The second-order valence-electron chi connectivity index (χ2n) is 8.88. The van der Waals surface area contributed by atoms with Crippen molar-refractivity contribution < 1.29 is 0 Å². The normalized spacial score (nSPS) is 37.0. The molecule has 24 heavy (non-hydrogen) atoms. The van der Waals surface area contributed by atoms with Crippen LogP contribution in [0.1, 0.15) is 88.0 Å². The lowest BCUT2D eigenvalue weighted by molar-refractivity contribution is 0.0336. The molecule has 1 aromatic rings. The molecule has 0 aromatic heterocycles. The molecule has 3 aliphatic rings. The van der Waals surface area contributed by atoms with Gasteiger partial charge < -0.3 is 0 Å². The Kier molecular flexibility index (Phi) is 4.03. The number of benzene rings is 1. The molecule has 0 bridgehead atoms. The Hall–Kier alpha value is -1.22. The topological polar surface area (TPSA) is 0 Å². The van der Waals surface area contributed by atoms with Gasteiger partial charge in [-0.3, -0.25) is 0 Å². The molecule has 4 rings (SSSR count). The minimum Gasteiger partial charge on any atom is -0.101 e. The van der Waals surface area contributed by atoms with Crippen molar-refractivity contribution >= 4 is 0 Å². The van der Waals surface area contributed by atoms with E-state index in [1.165, 1.54) is 49.7 Å². The first-order chi connectivity index (χ1) is 11.6. The molecule has 0 amide bonds. The minimum absolute atomic E-state index is 0.619. The first kappa shape index (κ1) is 16.3. The van der Waals surface area contributed by atoms with Crippen LogP contribution in [0.4, 0.5) is 0 Å². The predicted molar refractivity (Wildman–Crippen MR) is 102 cm³/mol. The van der Waals surface area contributed by atoms with Gasteiger partial charge >= 0.3 is 0 Å². The van der Waals surface area contributed by atoms with Gasteiger partial charge in [0.25, 0.3) is 0 Å². The molecule has 3 aliphatic carbocycles. The van der Waals surface area contributed by atoms with Gasteiger partial charge in [0.05, 0.1) is 0 Å². The van der Waals surface area contributed by atoms with Crippen LogP contribution in [0.15, 0.2) is 12.1 Å². The van der Waals surface area contributed by atoms with Gasteiger partial charge in [0.2, 0.25) is 0 Å². The average molecular weight is 321 g/mol. The van der Waals surface area contributed by atoms with Crippen molar-refractivity contribution in [1.29, 1.82) is 0 Å². The van der Waals surface area contributed by atoms with Gasteiger partial charge in [0.1, 0.15) is 0 Å².